The van der Waals surface area contributed by atoms with Crippen LogP contribution in [0.2, 0.25) is 0 Å². The van der Waals surface area contributed by atoms with Crippen LogP contribution < -0.4 is 5.32 Å². The fraction of sp³-hybridized carbons (Fsp3) is 0.269. The highest BCUT2D eigenvalue weighted by Crippen LogP contribution is 2.35. The van der Waals surface area contributed by atoms with Crippen LogP contribution in [-0.2, 0) is 17.6 Å². The van der Waals surface area contributed by atoms with Gasteiger partial charge in [-0.15, -0.1) is 0 Å². The molecule has 1 unspecified atom stereocenters. The monoisotopic (exact) mass is 426 g/mol. The van der Waals surface area contributed by atoms with Crippen molar-refractivity contribution < 1.29 is 19.1 Å². The maximum absolute atomic E-state index is 13.1. The van der Waals surface area contributed by atoms with Gasteiger partial charge in [-0.1, -0.05) is 24.3 Å². The normalized spacial score (nSPS) is 19.1. The summed E-state index contributed by atoms with van der Waals surface area (Å²) in [6.45, 7) is 0.920. The zero-order valence-electron chi connectivity index (χ0n) is 17.5. The molecule has 3 aromatic rings. The molecule has 3 amide bonds. The van der Waals surface area contributed by atoms with Gasteiger partial charge in [-0.2, -0.15) is 0 Å². The number of imide groups is 1. The number of hydrogen-bond acceptors (Lipinski definition) is 4. The van der Waals surface area contributed by atoms with Gasteiger partial charge < -0.3 is 10.1 Å². The minimum atomic E-state index is -0.361. The second-order valence-corrected chi connectivity index (χ2v) is 8.68. The summed E-state index contributed by atoms with van der Waals surface area (Å²) in [5, 5.41) is 5.26. The molecule has 1 aliphatic carbocycles. The van der Waals surface area contributed by atoms with Gasteiger partial charge in [0.25, 0.3) is 17.7 Å². The van der Waals surface area contributed by atoms with E-state index in [4.69, 9.17) is 4.74 Å². The van der Waals surface area contributed by atoms with Crippen molar-refractivity contribution in [2.75, 3.05) is 18.5 Å². The Morgan fingerprint density at radius 1 is 1.00 bits per heavy atom. The molecule has 1 atom stereocenters. The molecule has 2 heterocycles. The van der Waals surface area contributed by atoms with Gasteiger partial charge in [0.2, 0.25) is 0 Å². The fourth-order valence-corrected chi connectivity index (χ4v) is 5.14. The Morgan fingerprint density at radius 3 is 2.62 bits per heavy atom. The van der Waals surface area contributed by atoms with E-state index < -0.39 is 0 Å². The van der Waals surface area contributed by atoms with Crippen LogP contribution in [0.15, 0.2) is 48.5 Å². The fourth-order valence-electron chi connectivity index (χ4n) is 5.14. The quantitative estimate of drug-likeness (QED) is 0.641. The van der Waals surface area contributed by atoms with Crippen LogP contribution in [0, 0.1) is 0 Å². The minimum Gasteiger partial charge on any atom is -0.376 e. The van der Waals surface area contributed by atoms with Gasteiger partial charge in [-0.25, -0.2) is 0 Å². The first-order chi connectivity index (χ1) is 15.6. The molecule has 160 valence electrons. The number of carbonyl (C=O) groups excluding carboxylic acids is 3. The third kappa shape index (κ3) is 2.94. The smallest absolute Gasteiger partial charge is 0.261 e. The molecule has 0 saturated carbocycles. The molecule has 6 heteroatoms. The van der Waals surface area contributed by atoms with Crippen molar-refractivity contribution in [1.29, 1.82) is 0 Å². The van der Waals surface area contributed by atoms with Gasteiger partial charge in [0, 0.05) is 23.2 Å². The summed E-state index contributed by atoms with van der Waals surface area (Å²) in [6.07, 6.45) is 3.72. The Labute approximate surface area is 185 Å². The molecule has 0 aromatic heterocycles. The van der Waals surface area contributed by atoms with Crippen LogP contribution in [0.1, 0.15) is 55.0 Å². The first-order valence-electron chi connectivity index (χ1n) is 11.1. The molecule has 1 N–H and O–H groups in total. The molecule has 0 spiro atoms. The first kappa shape index (κ1) is 19.2. The van der Waals surface area contributed by atoms with E-state index in [-0.39, 0.29) is 35.9 Å². The standard InChI is InChI=1S/C26H22N2O4/c29-24(27-22-11-9-16-7-6-15-3-1-5-20(22)23(15)16)17-8-10-19-21(13-17)26(31)28(25(19)30)14-18-4-2-12-32-18/h1,3,5,8-11,13,18H,2,4,6-7,12,14H2,(H,27,29). The maximum atomic E-state index is 13.1. The lowest BCUT2D eigenvalue weighted by molar-refractivity contribution is 0.0475. The SMILES string of the molecule is O=C(Nc1ccc2c3c(cccc13)CC2)c1ccc2c(c1)C(=O)N(CC1CCCO1)C2=O. The van der Waals surface area contributed by atoms with Crippen LogP contribution in [0.3, 0.4) is 0 Å². The average Bonchev–Trinajstić information content (AvgIpc) is 3.53. The largest absolute Gasteiger partial charge is 0.376 e. The summed E-state index contributed by atoms with van der Waals surface area (Å²) in [5.74, 6) is -0.982. The van der Waals surface area contributed by atoms with Gasteiger partial charge in [-0.3, -0.25) is 19.3 Å². The number of aryl methyl sites for hydroxylation is 2. The topological polar surface area (TPSA) is 75.7 Å². The summed E-state index contributed by atoms with van der Waals surface area (Å²) < 4.78 is 5.58. The number of benzene rings is 3. The number of nitrogens with zero attached hydrogens (tertiary/aromatic N) is 1. The Bertz CT molecular complexity index is 1300. The van der Waals surface area contributed by atoms with Crippen molar-refractivity contribution in [1.82, 2.24) is 4.90 Å². The zero-order chi connectivity index (χ0) is 21.8. The molecule has 3 aliphatic rings. The molecule has 0 radical (unpaired) electrons. The highest BCUT2D eigenvalue weighted by molar-refractivity contribution is 6.22. The Kier molecular flexibility index (Phi) is 4.36. The molecule has 1 fully saturated rings. The molecule has 0 bridgehead atoms. The van der Waals surface area contributed by atoms with E-state index in [0.29, 0.717) is 17.7 Å². The number of fused-ring (bicyclic) bond motifs is 1. The predicted octanol–water partition coefficient (Wildman–Crippen LogP) is 3.97. The van der Waals surface area contributed by atoms with Crippen molar-refractivity contribution in [3.05, 3.63) is 76.3 Å². The number of nitrogens with one attached hydrogen (secondary N) is 1. The molecule has 2 aliphatic heterocycles. The number of amides is 3. The van der Waals surface area contributed by atoms with Crippen LogP contribution in [0.4, 0.5) is 5.69 Å². The van der Waals surface area contributed by atoms with Crippen molar-refractivity contribution in [3.63, 3.8) is 0 Å². The summed E-state index contributed by atoms with van der Waals surface area (Å²) in [5.41, 5.74) is 4.34. The summed E-state index contributed by atoms with van der Waals surface area (Å²) >= 11 is 0. The Morgan fingerprint density at radius 2 is 1.81 bits per heavy atom. The highest BCUT2D eigenvalue weighted by Gasteiger charge is 2.38. The molecule has 6 rings (SSSR count). The summed E-state index contributed by atoms with van der Waals surface area (Å²) in [6, 6.07) is 14.9. The van der Waals surface area contributed by atoms with Crippen LogP contribution in [0.5, 0.6) is 0 Å². The molecule has 3 aromatic carbocycles. The van der Waals surface area contributed by atoms with Gasteiger partial charge in [-0.05, 0) is 66.5 Å². The predicted molar refractivity (Wildman–Crippen MR) is 120 cm³/mol. The van der Waals surface area contributed by atoms with E-state index in [1.54, 1.807) is 12.1 Å². The average molecular weight is 426 g/mol. The van der Waals surface area contributed by atoms with E-state index in [1.165, 1.54) is 27.5 Å². The minimum absolute atomic E-state index is 0.108. The molecule has 6 nitrogen and oxygen atoms in total. The van der Waals surface area contributed by atoms with E-state index >= 15 is 0 Å². The molecule has 32 heavy (non-hydrogen) atoms. The molecular weight excluding hydrogens is 404 g/mol. The van der Waals surface area contributed by atoms with E-state index in [9.17, 15) is 14.4 Å². The molecular formula is C26H22N2O4. The second-order valence-electron chi connectivity index (χ2n) is 8.68. The summed E-state index contributed by atoms with van der Waals surface area (Å²) in [4.78, 5) is 39.9. The van der Waals surface area contributed by atoms with Crippen LogP contribution in [0.25, 0.3) is 10.8 Å². The van der Waals surface area contributed by atoms with Crippen LogP contribution in [-0.4, -0.2) is 41.9 Å². The number of hydrogen-bond donors (Lipinski definition) is 1. The van der Waals surface area contributed by atoms with Gasteiger partial charge in [0.1, 0.15) is 0 Å². The van der Waals surface area contributed by atoms with E-state index in [2.05, 4.69) is 17.4 Å². The Balaban J connectivity index is 1.27. The second kappa shape index (κ2) is 7.28. The van der Waals surface area contributed by atoms with E-state index in [0.717, 1.165) is 36.8 Å². The lowest BCUT2D eigenvalue weighted by atomic mass is 10.0. The van der Waals surface area contributed by atoms with Gasteiger partial charge in [0.05, 0.1) is 23.8 Å². The summed E-state index contributed by atoms with van der Waals surface area (Å²) in [7, 11) is 0. The van der Waals surface area contributed by atoms with Crippen LogP contribution >= 0.6 is 0 Å². The van der Waals surface area contributed by atoms with Crippen molar-refractivity contribution in [2.24, 2.45) is 0 Å². The van der Waals surface area contributed by atoms with Crippen molar-refractivity contribution >= 4 is 34.2 Å². The molecule has 1 saturated heterocycles. The van der Waals surface area contributed by atoms with E-state index in [1.807, 2.05) is 18.2 Å². The van der Waals surface area contributed by atoms with Gasteiger partial charge in [0.15, 0.2) is 0 Å². The number of anilines is 1. The number of ether oxygens (including phenoxy) is 1. The zero-order valence-corrected chi connectivity index (χ0v) is 17.5. The highest BCUT2D eigenvalue weighted by atomic mass is 16.5. The Hall–Kier alpha value is -3.51. The number of rotatable bonds is 4. The lowest BCUT2D eigenvalue weighted by Gasteiger charge is -2.17. The third-order valence-corrected chi connectivity index (χ3v) is 6.77. The first-order valence-corrected chi connectivity index (χ1v) is 11.1. The van der Waals surface area contributed by atoms with Crippen molar-refractivity contribution in [3.8, 4) is 0 Å². The van der Waals surface area contributed by atoms with Crippen molar-refractivity contribution in [2.45, 2.75) is 31.8 Å². The van der Waals surface area contributed by atoms with Gasteiger partial charge >= 0.3 is 0 Å². The maximum Gasteiger partial charge on any atom is 0.261 e. The number of carbonyl (C=O) groups is 3. The lowest BCUT2D eigenvalue weighted by Crippen LogP contribution is -2.36. The third-order valence-electron chi connectivity index (χ3n) is 6.77.